The minimum Gasteiger partial charge on any atom is -0.388 e. The average Bonchev–Trinajstić information content (AvgIpc) is 3.12. The number of carbonyl (C=O) groups excluding carboxylic acids is 4. The van der Waals surface area contributed by atoms with E-state index in [2.05, 4.69) is 9.97 Å². The first-order chi connectivity index (χ1) is 27.2. The minimum atomic E-state index is -4.84. The molecule has 19 heteroatoms. The van der Waals surface area contributed by atoms with Crippen molar-refractivity contribution < 1.29 is 45.5 Å². The van der Waals surface area contributed by atoms with E-state index in [1.54, 1.807) is 6.92 Å². The van der Waals surface area contributed by atoms with Gasteiger partial charge in [0.05, 0.1) is 17.0 Å². The van der Waals surface area contributed by atoms with E-state index in [0.29, 0.717) is 18.6 Å². The molecule has 0 aliphatic heterocycles. The van der Waals surface area contributed by atoms with Crippen LogP contribution in [0, 0.1) is 10.8 Å². The number of aromatic nitrogens is 2. The molecule has 0 spiro atoms. The van der Waals surface area contributed by atoms with Crippen LogP contribution in [0.25, 0.3) is 0 Å². The third kappa shape index (κ3) is 15.0. The summed E-state index contributed by atoms with van der Waals surface area (Å²) in [7, 11) is 0. The molecule has 0 aliphatic rings. The maximum atomic E-state index is 14.1. The van der Waals surface area contributed by atoms with Crippen molar-refractivity contribution in [1.82, 2.24) is 9.97 Å². The molecular formula is C39H45F6N7O4S2. The number of nitrogens with one attached hydrogen (secondary N) is 2. The van der Waals surface area contributed by atoms with Gasteiger partial charge in [-0.15, -0.1) is 23.5 Å². The van der Waals surface area contributed by atoms with Crippen LogP contribution in [0.5, 0.6) is 0 Å². The van der Waals surface area contributed by atoms with Crippen molar-refractivity contribution in [3.8, 4) is 0 Å². The van der Waals surface area contributed by atoms with Crippen LogP contribution in [-0.4, -0.2) is 69.2 Å². The van der Waals surface area contributed by atoms with Gasteiger partial charge in [-0.3, -0.25) is 24.6 Å². The highest BCUT2D eigenvalue weighted by atomic mass is 32.2. The molecule has 0 saturated carbocycles. The molecule has 0 amide bonds. The molecule has 58 heavy (non-hydrogen) atoms. The van der Waals surface area contributed by atoms with E-state index in [-0.39, 0.29) is 118 Å². The highest BCUT2D eigenvalue weighted by molar-refractivity contribution is 7.99. The lowest BCUT2D eigenvalue weighted by molar-refractivity contribution is -0.138. The molecule has 11 nitrogen and oxygen atoms in total. The second-order valence-electron chi connectivity index (χ2n) is 13.4. The molecule has 3 aromatic rings. The number of nitrogens with two attached hydrogens (primary N) is 3. The molecule has 0 unspecified atom stereocenters. The molecular weight excluding hydrogens is 809 g/mol. The smallest absolute Gasteiger partial charge is 0.388 e. The summed E-state index contributed by atoms with van der Waals surface area (Å²) in [4.78, 5) is 61.4. The maximum Gasteiger partial charge on any atom is 0.416 e. The van der Waals surface area contributed by atoms with Gasteiger partial charge in [0.25, 0.3) is 0 Å². The van der Waals surface area contributed by atoms with Crippen molar-refractivity contribution in [3.05, 3.63) is 81.4 Å². The van der Waals surface area contributed by atoms with Crippen LogP contribution in [0.1, 0.15) is 99.8 Å². The van der Waals surface area contributed by atoms with Gasteiger partial charge in [-0.2, -0.15) is 26.3 Å². The molecule has 0 saturated heterocycles. The monoisotopic (exact) mass is 853 g/mol. The van der Waals surface area contributed by atoms with Crippen LogP contribution in [0.2, 0.25) is 0 Å². The highest BCUT2D eigenvalue weighted by Crippen LogP contribution is 2.38. The molecule has 3 rings (SSSR count). The first-order valence-corrected chi connectivity index (χ1v) is 20.1. The van der Waals surface area contributed by atoms with E-state index in [1.165, 1.54) is 0 Å². The molecule has 0 bridgehead atoms. The Labute approximate surface area is 340 Å². The standard InChI is InChI=1S/C39H45F6N7O4S2/c1-22(48)4-2-5-29(53)16-23-12-27(38(40,41)42)14-25(36(23)57-10-8-46)18-33(55)31-20-32(52-21-51-31)34(56)19-26-15-28(39(43,44)45)13-24(37(26)58-11-9-47)17-30(54)6-3-7-35(49)50/h12-15,20-21,48H,2-11,16-19,46-47H2,1H3,(H3,49,50). The first kappa shape index (κ1) is 47.9. The molecule has 0 radical (unpaired) electrons. The van der Waals surface area contributed by atoms with E-state index in [1.807, 2.05) is 0 Å². The van der Waals surface area contributed by atoms with Gasteiger partial charge in [0.2, 0.25) is 0 Å². The van der Waals surface area contributed by atoms with Gasteiger partial charge < -0.3 is 22.6 Å². The highest BCUT2D eigenvalue weighted by Gasteiger charge is 2.34. The van der Waals surface area contributed by atoms with Gasteiger partial charge in [-0.05, 0) is 78.8 Å². The number of hydrogen-bond donors (Lipinski definition) is 5. The van der Waals surface area contributed by atoms with Crippen molar-refractivity contribution in [1.29, 1.82) is 10.8 Å². The summed E-state index contributed by atoms with van der Waals surface area (Å²) in [6.45, 7) is 1.85. The largest absolute Gasteiger partial charge is 0.416 e. The molecule has 1 aromatic heterocycles. The number of rotatable bonds is 24. The molecule has 2 aromatic carbocycles. The Hall–Kier alpha value is -4.46. The van der Waals surface area contributed by atoms with E-state index >= 15 is 0 Å². The van der Waals surface area contributed by atoms with E-state index < -0.39 is 53.7 Å². The summed E-state index contributed by atoms with van der Waals surface area (Å²) >= 11 is 2.16. The Bertz CT molecular complexity index is 1870. The topological polar surface area (TPSA) is 220 Å². The minimum absolute atomic E-state index is 0.0365. The fraction of sp³-hybridized carbons (Fsp3) is 0.436. The number of nitrogens with zero attached hydrogens (tertiary/aromatic N) is 2. The number of thioether (sulfide) groups is 2. The number of hydrogen-bond acceptors (Lipinski definition) is 12. The van der Waals surface area contributed by atoms with Crippen LogP contribution < -0.4 is 17.2 Å². The predicted octanol–water partition coefficient (Wildman–Crippen LogP) is 7.01. The fourth-order valence-corrected chi connectivity index (χ4v) is 7.78. The lowest BCUT2D eigenvalue weighted by Crippen LogP contribution is -2.16. The lowest BCUT2D eigenvalue weighted by atomic mass is 9.95. The van der Waals surface area contributed by atoms with Gasteiger partial charge in [-0.25, -0.2) is 9.97 Å². The summed E-state index contributed by atoms with van der Waals surface area (Å²) in [5.74, 6) is -1.99. The summed E-state index contributed by atoms with van der Waals surface area (Å²) < 4.78 is 84.7. The summed E-state index contributed by atoms with van der Waals surface area (Å²) in [6, 6.07) is 4.36. The quantitative estimate of drug-likeness (QED) is 0.0203. The number of Topliss-reactive ketones (excluding diaryl/α,β-unsaturated/α-hetero) is 4. The molecule has 0 aliphatic carbocycles. The zero-order valence-corrected chi connectivity index (χ0v) is 33.3. The average molecular weight is 854 g/mol. The van der Waals surface area contributed by atoms with Crippen molar-refractivity contribution in [2.24, 2.45) is 17.2 Å². The molecule has 314 valence electrons. The Balaban J connectivity index is 2.00. The zero-order valence-electron chi connectivity index (χ0n) is 31.7. The predicted molar refractivity (Wildman–Crippen MR) is 211 cm³/mol. The van der Waals surface area contributed by atoms with Crippen molar-refractivity contribution in [2.75, 3.05) is 24.6 Å². The van der Waals surface area contributed by atoms with Gasteiger partial charge in [0, 0.05) is 85.0 Å². The molecule has 8 N–H and O–H groups in total. The van der Waals surface area contributed by atoms with Gasteiger partial charge in [-0.1, -0.05) is 0 Å². The Kier molecular flexibility index (Phi) is 18.2. The number of alkyl halides is 6. The van der Waals surface area contributed by atoms with Crippen LogP contribution in [-0.2, 0) is 47.6 Å². The van der Waals surface area contributed by atoms with Crippen molar-refractivity contribution in [2.45, 2.75) is 93.3 Å². The number of amidine groups is 1. The molecule has 0 fully saturated rings. The summed E-state index contributed by atoms with van der Waals surface area (Å²) in [6.07, 6.45) is -9.69. The Morgan fingerprint density at radius 2 is 1.00 bits per heavy atom. The first-order valence-electron chi connectivity index (χ1n) is 18.1. The van der Waals surface area contributed by atoms with Crippen LogP contribution in [0.3, 0.4) is 0 Å². The van der Waals surface area contributed by atoms with Gasteiger partial charge in [0.1, 0.15) is 29.3 Å². The normalized spacial score (nSPS) is 11.7. The van der Waals surface area contributed by atoms with E-state index in [4.69, 9.17) is 28.0 Å². The maximum absolute atomic E-state index is 14.1. The third-order valence-corrected chi connectivity index (χ3v) is 11.0. The molecule has 0 atom stereocenters. The number of benzene rings is 2. The van der Waals surface area contributed by atoms with Crippen LogP contribution >= 0.6 is 23.5 Å². The van der Waals surface area contributed by atoms with Crippen molar-refractivity contribution in [3.63, 3.8) is 0 Å². The zero-order chi connectivity index (χ0) is 43.2. The Morgan fingerprint density at radius 1 is 0.621 bits per heavy atom. The summed E-state index contributed by atoms with van der Waals surface area (Å²) in [5, 5.41) is 14.9. The van der Waals surface area contributed by atoms with E-state index in [0.717, 1.165) is 60.2 Å². The second-order valence-corrected chi connectivity index (χ2v) is 15.7. The SMILES string of the molecule is CC(=N)CCCC(=O)Cc1cc(C(F)(F)F)cc(CC(=O)c2cc(C(=O)Cc3cc(C(F)(F)F)cc(CC(=O)CCCC(=N)N)c3SCCN)ncn2)c1SCCN. The molecule has 1 heterocycles. The Morgan fingerprint density at radius 3 is 1.34 bits per heavy atom. The second kappa shape index (κ2) is 22.1. The van der Waals surface area contributed by atoms with Gasteiger partial charge in [0.15, 0.2) is 11.6 Å². The number of halogens is 6. The van der Waals surface area contributed by atoms with E-state index in [9.17, 15) is 45.5 Å². The van der Waals surface area contributed by atoms with Crippen LogP contribution in [0.15, 0.2) is 46.5 Å². The van der Waals surface area contributed by atoms with Crippen molar-refractivity contribution >= 4 is 58.2 Å². The number of carbonyl (C=O) groups is 4. The lowest BCUT2D eigenvalue weighted by Gasteiger charge is -2.18. The number of ketones is 4. The third-order valence-electron chi connectivity index (χ3n) is 8.49. The summed E-state index contributed by atoms with van der Waals surface area (Å²) in [5.41, 5.74) is 14.2. The van der Waals surface area contributed by atoms with Gasteiger partial charge >= 0.3 is 12.4 Å². The fourth-order valence-electron chi connectivity index (χ4n) is 5.87. The van der Waals surface area contributed by atoms with Crippen LogP contribution in [0.4, 0.5) is 26.3 Å².